The number of amides is 1. The number of hydrogen-bond acceptors (Lipinski definition) is 4. The number of thiazole rings is 1. The molecule has 0 bridgehead atoms. The van der Waals surface area contributed by atoms with Crippen molar-refractivity contribution in [2.45, 2.75) is 26.3 Å². The summed E-state index contributed by atoms with van der Waals surface area (Å²) in [5, 5.41) is 3.84. The second-order valence-corrected chi connectivity index (χ2v) is 6.46. The Hall–Kier alpha value is -1.72. The average Bonchev–Trinajstić information content (AvgIpc) is 2.97. The van der Waals surface area contributed by atoms with Crippen molar-refractivity contribution in [2.75, 3.05) is 6.54 Å². The van der Waals surface area contributed by atoms with E-state index in [4.69, 9.17) is 5.73 Å². The zero-order valence-corrected chi connectivity index (χ0v) is 13.2. The molecular formula is C16H21N3OS. The zero-order valence-electron chi connectivity index (χ0n) is 12.4. The maximum Gasteiger partial charge on any atom is 0.263 e. The first kappa shape index (κ1) is 15.7. The van der Waals surface area contributed by atoms with Crippen LogP contribution in [0.5, 0.6) is 0 Å². The number of nitrogens with two attached hydrogens (primary N) is 1. The molecule has 21 heavy (non-hydrogen) atoms. The average molecular weight is 303 g/mol. The van der Waals surface area contributed by atoms with E-state index in [9.17, 15) is 4.79 Å². The molecule has 2 rings (SSSR count). The van der Waals surface area contributed by atoms with Gasteiger partial charge in [-0.25, -0.2) is 4.98 Å². The van der Waals surface area contributed by atoms with E-state index >= 15 is 0 Å². The second kappa shape index (κ2) is 7.33. The SMILES string of the molecule is CC(C)CC(CN)NC(=O)c1cnc(-c2ccccc2)s1. The second-order valence-electron chi connectivity index (χ2n) is 5.43. The predicted octanol–water partition coefficient (Wildman–Crippen LogP) is 2.91. The lowest BCUT2D eigenvalue weighted by Crippen LogP contribution is -2.40. The number of carbonyl (C=O) groups is 1. The summed E-state index contributed by atoms with van der Waals surface area (Å²) >= 11 is 1.40. The highest BCUT2D eigenvalue weighted by Crippen LogP contribution is 2.24. The molecule has 0 fully saturated rings. The van der Waals surface area contributed by atoms with Crippen LogP contribution in [0.2, 0.25) is 0 Å². The van der Waals surface area contributed by atoms with Gasteiger partial charge in [-0.05, 0) is 12.3 Å². The Kier molecular flexibility index (Phi) is 5.47. The van der Waals surface area contributed by atoms with E-state index in [-0.39, 0.29) is 11.9 Å². The van der Waals surface area contributed by atoms with Gasteiger partial charge in [0.1, 0.15) is 9.88 Å². The standard InChI is InChI=1S/C16H21N3OS/c1-11(2)8-13(9-17)19-15(20)14-10-18-16(21-14)12-6-4-3-5-7-12/h3-7,10-11,13H,8-9,17H2,1-2H3,(H,19,20). The fourth-order valence-corrected chi connectivity index (χ4v) is 2.96. The highest BCUT2D eigenvalue weighted by molar-refractivity contribution is 7.16. The monoisotopic (exact) mass is 303 g/mol. The van der Waals surface area contributed by atoms with Crippen molar-refractivity contribution in [1.29, 1.82) is 0 Å². The van der Waals surface area contributed by atoms with Crippen molar-refractivity contribution < 1.29 is 4.79 Å². The minimum atomic E-state index is -0.0919. The quantitative estimate of drug-likeness (QED) is 0.862. The predicted molar refractivity (Wildman–Crippen MR) is 87.3 cm³/mol. The summed E-state index contributed by atoms with van der Waals surface area (Å²) in [6.45, 7) is 4.69. The third-order valence-corrected chi connectivity index (χ3v) is 4.17. The summed E-state index contributed by atoms with van der Waals surface area (Å²) in [5.41, 5.74) is 6.74. The number of nitrogens with one attached hydrogen (secondary N) is 1. The number of rotatable bonds is 6. The Labute approximate surface area is 129 Å². The van der Waals surface area contributed by atoms with Crippen molar-refractivity contribution >= 4 is 17.2 Å². The van der Waals surface area contributed by atoms with Crippen molar-refractivity contribution in [3.05, 3.63) is 41.4 Å². The van der Waals surface area contributed by atoms with E-state index in [1.807, 2.05) is 30.3 Å². The van der Waals surface area contributed by atoms with Crippen LogP contribution in [0.4, 0.5) is 0 Å². The number of aromatic nitrogens is 1. The van der Waals surface area contributed by atoms with E-state index in [2.05, 4.69) is 24.1 Å². The third kappa shape index (κ3) is 4.37. The number of hydrogen-bond donors (Lipinski definition) is 2. The molecule has 0 aliphatic carbocycles. The van der Waals surface area contributed by atoms with Gasteiger partial charge in [-0.1, -0.05) is 44.2 Å². The molecule has 3 N–H and O–H groups in total. The van der Waals surface area contributed by atoms with E-state index in [0.29, 0.717) is 17.3 Å². The molecule has 0 aliphatic heterocycles. The largest absolute Gasteiger partial charge is 0.347 e. The molecule has 1 amide bonds. The maximum atomic E-state index is 12.2. The van der Waals surface area contributed by atoms with Gasteiger partial charge in [-0.15, -0.1) is 11.3 Å². The van der Waals surface area contributed by atoms with Gasteiger partial charge in [0.2, 0.25) is 0 Å². The fraction of sp³-hybridized carbons (Fsp3) is 0.375. The van der Waals surface area contributed by atoms with E-state index < -0.39 is 0 Å². The van der Waals surface area contributed by atoms with Gasteiger partial charge in [0, 0.05) is 18.2 Å². The summed E-state index contributed by atoms with van der Waals surface area (Å²) < 4.78 is 0. The van der Waals surface area contributed by atoms with Crippen LogP contribution in [0.1, 0.15) is 29.9 Å². The molecule has 1 unspecified atom stereocenters. The Morgan fingerprint density at radius 1 is 1.33 bits per heavy atom. The molecular weight excluding hydrogens is 282 g/mol. The normalized spacial score (nSPS) is 12.4. The summed E-state index contributed by atoms with van der Waals surface area (Å²) in [6.07, 6.45) is 2.51. The number of benzene rings is 1. The lowest BCUT2D eigenvalue weighted by molar-refractivity contribution is 0.0937. The molecule has 0 saturated carbocycles. The van der Waals surface area contributed by atoms with Crippen molar-refractivity contribution in [2.24, 2.45) is 11.7 Å². The highest BCUT2D eigenvalue weighted by Gasteiger charge is 2.16. The smallest absolute Gasteiger partial charge is 0.263 e. The lowest BCUT2D eigenvalue weighted by Gasteiger charge is -2.18. The highest BCUT2D eigenvalue weighted by atomic mass is 32.1. The molecule has 0 aliphatic rings. The van der Waals surface area contributed by atoms with Gasteiger partial charge in [0.05, 0.1) is 6.20 Å². The molecule has 0 saturated heterocycles. The van der Waals surface area contributed by atoms with Gasteiger partial charge in [-0.3, -0.25) is 4.79 Å². The van der Waals surface area contributed by atoms with Gasteiger partial charge in [0.25, 0.3) is 5.91 Å². The van der Waals surface area contributed by atoms with Crippen LogP contribution < -0.4 is 11.1 Å². The molecule has 4 nitrogen and oxygen atoms in total. The molecule has 1 heterocycles. The summed E-state index contributed by atoms with van der Waals surface area (Å²) in [7, 11) is 0. The molecule has 1 atom stereocenters. The van der Waals surface area contributed by atoms with Gasteiger partial charge >= 0.3 is 0 Å². The minimum Gasteiger partial charge on any atom is -0.347 e. The van der Waals surface area contributed by atoms with Crippen molar-refractivity contribution in [1.82, 2.24) is 10.3 Å². The molecule has 1 aromatic carbocycles. The molecule has 0 spiro atoms. The van der Waals surface area contributed by atoms with Crippen LogP contribution >= 0.6 is 11.3 Å². The minimum absolute atomic E-state index is 0.0137. The van der Waals surface area contributed by atoms with Crippen LogP contribution in [0.25, 0.3) is 10.6 Å². The van der Waals surface area contributed by atoms with E-state index in [0.717, 1.165) is 17.0 Å². The summed E-state index contributed by atoms with van der Waals surface area (Å²) in [5.74, 6) is 0.408. The molecule has 5 heteroatoms. The first-order chi connectivity index (χ1) is 10.1. The third-order valence-electron chi connectivity index (χ3n) is 3.13. The van der Waals surface area contributed by atoms with Crippen molar-refractivity contribution in [3.63, 3.8) is 0 Å². The van der Waals surface area contributed by atoms with Crippen LogP contribution in [-0.2, 0) is 0 Å². The summed E-state index contributed by atoms with van der Waals surface area (Å²) in [6, 6.07) is 9.87. The van der Waals surface area contributed by atoms with Crippen LogP contribution in [-0.4, -0.2) is 23.5 Å². The van der Waals surface area contributed by atoms with Crippen LogP contribution in [0.15, 0.2) is 36.5 Å². The maximum absolute atomic E-state index is 12.2. The zero-order chi connectivity index (χ0) is 15.2. The van der Waals surface area contributed by atoms with Gasteiger partial charge in [0.15, 0.2) is 0 Å². The van der Waals surface area contributed by atoms with E-state index in [1.54, 1.807) is 6.20 Å². The molecule has 112 valence electrons. The first-order valence-corrected chi connectivity index (χ1v) is 7.94. The molecule has 2 aromatic rings. The van der Waals surface area contributed by atoms with Gasteiger partial charge < -0.3 is 11.1 Å². The Morgan fingerprint density at radius 2 is 2.05 bits per heavy atom. The van der Waals surface area contributed by atoms with Gasteiger partial charge in [-0.2, -0.15) is 0 Å². The summed E-state index contributed by atoms with van der Waals surface area (Å²) in [4.78, 5) is 17.2. The number of carbonyl (C=O) groups excluding carboxylic acids is 1. The first-order valence-electron chi connectivity index (χ1n) is 7.12. The molecule has 1 aromatic heterocycles. The van der Waals surface area contributed by atoms with E-state index in [1.165, 1.54) is 11.3 Å². The Balaban J connectivity index is 2.05. The number of nitrogens with zero attached hydrogens (tertiary/aromatic N) is 1. The van der Waals surface area contributed by atoms with Crippen molar-refractivity contribution in [3.8, 4) is 10.6 Å². The lowest BCUT2D eigenvalue weighted by atomic mass is 10.0. The topological polar surface area (TPSA) is 68.0 Å². The van der Waals surface area contributed by atoms with Crippen LogP contribution in [0, 0.1) is 5.92 Å². The Bertz CT molecular complexity index is 580. The van der Waals surface area contributed by atoms with Crippen LogP contribution in [0.3, 0.4) is 0 Å². The Morgan fingerprint density at radius 3 is 2.67 bits per heavy atom. The molecule has 0 radical (unpaired) electrons. The fourth-order valence-electron chi connectivity index (χ4n) is 2.13.